The predicted octanol–water partition coefficient (Wildman–Crippen LogP) is 5.73. The van der Waals surface area contributed by atoms with E-state index in [1.165, 1.54) is 0 Å². The molecule has 40 heavy (non-hydrogen) atoms. The summed E-state index contributed by atoms with van der Waals surface area (Å²) in [6, 6.07) is -0.712. The second kappa shape index (κ2) is 8.20. The van der Waals surface area contributed by atoms with Crippen LogP contribution in [-0.4, -0.2) is 47.6 Å². The van der Waals surface area contributed by atoms with Crippen molar-refractivity contribution in [1.82, 2.24) is 0 Å². The molecular weight excluding hydrogens is 588 g/mol. The van der Waals surface area contributed by atoms with Crippen molar-refractivity contribution in [2.24, 2.45) is 0 Å². The molecule has 2 heterocycles. The van der Waals surface area contributed by atoms with E-state index in [4.69, 9.17) is 0 Å². The van der Waals surface area contributed by atoms with Gasteiger partial charge in [0.1, 0.15) is 0 Å². The molecule has 4 rings (SSSR count). The van der Waals surface area contributed by atoms with E-state index >= 15 is 0 Å². The van der Waals surface area contributed by atoms with Gasteiger partial charge >= 0.3 is 59.4 Å². The molecule has 0 unspecified atom stereocenters. The number of hydrogen-bond acceptors (Lipinski definition) is 6. The molecule has 0 aliphatic carbocycles. The normalized spacial score (nSPS) is 16.6. The molecule has 0 saturated carbocycles. The highest BCUT2D eigenvalue weighted by Gasteiger charge is 2.90. The summed E-state index contributed by atoms with van der Waals surface area (Å²) in [6.45, 7) is 0. The summed E-state index contributed by atoms with van der Waals surface area (Å²) in [5.74, 6) is -50.5. The number of esters is 4. The van der Waals surface area contributed by atoms with Crippen molar-refractivity contribution in [3.8, 4) is 0 Å². The minimum absolute atomic E-state index is 0.185. The van der Waals surface area contributed by atoms with E-state index in [0.717, 1.165) is 0 Å². The Hall–Kier alpha value is -4.12. The fraction of sp³-hybridized carbons (Fsp3) is 0.273. The van der Waals surface area contributed by atoms with Gasteiger partial charge in [-0.25, -0.2) is 19.2 Å². The lowest BCUT2D eigenvalue weighted by Crippen LogP contribution is -2.69. The van der Waals surface area contributed by atoms with E-state index in [0.29, 0.717) is 0 Å². The first-order valence-electron chi connectivity index (χ1n) is 10.1. The molecule has 0 radical (unpaired) electrons. The SMILES string of the molecule is O=C1OC(=O)c2cc(C(F)(F)C(F)(F)C(F)(F)C(F)(F)C(F)(F)C(F)(F)c3ccc4c(c3)C(=O)OC4=O)ccc21. The Labute approximate surface area is 211 Å². The standard InChI is InChI=1S/C22H6F12O6/c23-17(24,7-1-3-9-11(5-7)15(37)39-13(9)35)19(27,28)21(31,32)22(33,34)20(29,30)18(25,26)8-2-4-10-12(6-8)16(38)40-14(10)36/h1-6H. The van der Waals surface area contributed by atoms with Crippen LogP contribution in [0.2, 0.25) is 0 Å². The minimum Gasteiger partial charge on any atom is -0.386 e. The quantitative estimate of drug-likeness (QED) is 0.231. The van der Waals surface area contributed by atoms with E-state index in [1.54, 1.807) is 0 Å². The second-order valence-electron chi connectivity index (χ2n) is 8.32. The Balaban J connectivity index is 1.77. The lowest BCUT2D eigenvalue weighted by Gasteiger charge is -2.41. The van der Waals surface area contributed by atoms with Gasteiger partial charge in [0.25, 0.3) is 0 Å². The molecule has 0 N–H and O–H groups in total. The maximum atomic E-state index is 14.6. The maximum Gasteiger partial charge on any atom is 0.385 e. The number of carbonyl (C=O) groups excluding carboxylic acids is 4. The fourth-order valence-electron chi connectivity index (χ4n) is 3.71. The summed E-state index contributed by atoms with van der Waals surface area (Å²) in [5, 5.41) is 0. The molecule has 214 valence electrons. The average molecular weight is 594 g/mol. The van der Waals surface area contributed by atoms with Gasteiger partial charge in [0.05, 0.1) is 22.3 Å². The number of benzene rings is 2. The molecule has 0 bridgehead atoms. The minimum atomic E-state index is -7.95. The van der Waals surface area contributed by atoms with E-state index < -0.39 is 92.8 Å². The van der Waals surface area contributed by atoms with Crippen molar-refractivity contribution in [3.05, 3.63) is 69.8 Å². The molecule has 0 saturated heterocycles. The molecule has 0 aromatic heterocycles. The monoisotopic (exact) mass is 594 g/mol. The van der Waals surface area contributed by atoms with Crippen LogP contribution < -0.4 is 0 Å². The smallest absolute Gasteiger partial charge is 0.385 e. The Morgan fingerprint density at radius 3 is 0.975 bits per heavy atom. The van der Waals surface area contributed by atoms with Gasteiger partial charge in [0.15, 0.2) is 0 Å². The molecule has 2 aliphatic rings. The summed E-state index contributed by atoms with van der Waals surface area (Å²) in [4.78, 5) is 45.6. The highest BCUT2D eigenvalue weighted by Crippen LogP contribution is 2.63. The number of cyclic esters (lactones) is 4. The van der Waals surface area contributed by atoms with Crippen molar-refractivity contribution in [3.63, 3.8) is 0 Å². The first-order valence-corrected chi connectivity index (χ1v) is 10.1. The molecule has 0 spiro atoms. The van der Waals surface area contributed by atoms with E-state index in [1.807, 2.05) is 0 Å². The molecule has 0 atom stereocenters. The van der Waals surface area contributed by atoms with Crippen molar-refractivity contribution >= 4 is 23.9 Å². The second-order valence-corrected chi connectivity index (χ2v) is 8.32. The van der Waals surface area contributed by atoms with Crippen molar-refractivity contribution < 1.29 is 81.3 Å². The summed E-state index contributed by atoms with van der Waals surface area (Å²) in [5.41, 5.74) is -8.77. The first kappa shape index (κ1) is 28.9. The Morgan fingerprint density at radius 1 is 0.400 bits per heavy atom. The molecule has 2 aromatic rings. The van der Waals surface area contributed by atoms with Crippen LogP contribution in [0.3, 0.4) is 0 Å². The number of hydrogen-bond donors (Lipinski definition) is 0. The number of alkyl halides is 12. The Kier molecular flexibility index (Phi) is 5.92. The Morgan fingerprint density at radius 2 is 0.675 bits per heavy atom. The third-order valence-corrected chi connectivity index (χ3v) is 5.99. The van der Waals surface area contributed by atoms with Gasteiger partial charge in [-0.1, -0.05) is 12.1 Å². The largest absolute Gasteiger partial charge is 0.386 e. The molecule has 0 fully saturated rings. The van der Waals surface area contributed by atoms with Gasteiger partial charge in [-0.3, -0.25) is 0 Å². The van der Waals surface area contributed by atoms with Gasteiger partial charge in [0.2, 0.25) is 0 Å². The van der Waals surface area contributed by atoms with E-state index in [2.05, 4.69) is 9.47 Å². The molecule has 0 amide bonds. The van der Waals surface area contributed by atoms with Gasteiger partial charge in [-0.15, -0.1) is 0 Å². The summed E-state index contributed by atoms with van der Waals surface area (Å²) in [6.07, 6.45) is 0. The Bertz CT molecular complexity index is 1390. The van der Waals surface area contributed by atoms with Crippen LogP contribution in [0.5, 0.6) is 0 Å². The highest BCUT2D eigenvalue weighted by atomic mass is 19.4. The lowest BCUT2D eigenvalue weighted by atomic mass is 9.86. The van der Waals surface area contributed by atoms with Crippen molar-refractivity contribution in [2.75, 3.05) is 0 Å². The molecule has 18 heteroatoms. The molecule has 6 nitrogen and oxygen atoms in total. The van der Waals surface area contributed by atoms with Gasteiger partial charge in [-0.2, -0.15) is 52.7 Å². The lowest BCUT2D eigenvalue weighted by molar-refractivity contribution is -0.429. The van der Waals surface area contributed by atoms with Crippen LogP contribution in [0.1, 0.15) is 52.6 Å². The number of rotatable bonds is 7. The van der Waals surface area contributed by atoms with E-state index in [9.17, 15) is 71.9 Å². The summed E-state index contributed by atoms with van der Waals surface area (Å²) >= 11 is 0. The van der Waals surface area contributed by atoms with Crippen LogP contribution in [0, 0.1) is 0 Å². The maximum absolute atomic E-state index is 14.6. The number of carbonyl (C=O) groups is 4. The fourth-order valence-corrected chi connectivity index (χ4v) is 3.71. The van der Waals surface area contributed by atoms with Gasteiger partial charge < -0.3 is 9.47 Å². The number of fused-ring (bicyclic) bond motifs is 2. The highest BCUT2D eigenvalue weighted by molar-refractivity contribution is 6.15. The summed E-state index contributed by atoms with van der Waals surface area (Å²) < 4.78 is 182. The average Bonchev–Trinajstić information content (AvgIpc) is 3.31. The third kappa shape index (κ3) is 3.46. The molecule has 2 aromatic carbocycles. The van der Waals surface area contributed by atoms with Gasteiger partial charge in [0, 0.05) is 11.1 Å². The van der Waals surface area contributed by atoms with Crippen LogP contribution in [0.25, 0.3) is 0 Å². The first-order chi connectivity index (χ1) is 18.0. The zero-order valence-electron chi connectivity index (χ0n) is 18.4. The van der Waals surface area contributed by atoms with Gasteiger partial charge in [-0.05, 0) is 24.3 Å². The zero-order valence-corrected chi connectivity index (χ0v) is 18.4. The van der Waals surface area contributed by atoms with Crippen LogP contribution >= 0.6 is 0 Å². The predicted molar refractivity (Wildman–Crippen MR) is 100.0 cm³/mol. The number of halogens is 12. The topological polar surface area (TPSA) is 86.7 Å². The van der Waals surface area contributed by atoms with Crippen LogP contribution in [0.4, 0.5) is 52.7 Å². The molecular formula is C22H6F12O6. The van der Waals surface area contributed by atoms with Crippen molar-refractivity contribution in [1.29, 1.82) is 0 Å². The number of ether oxygens (including phenoxy) is 2. The van der Waals surface area contributed by atoms with Crippen LogP contribution in [0.15, 0.2) is 36.4 Å². The van der Waals surface area contributed by atoms with Crippen LogP contribution in [-0.2, 0) is 21.3 Å². The zero-order chi connectivity index (χ0) is 30.4. The summed E-state index contributed by atoms with van der Waals surface area (Å²) in [7, 11) is 0. The van der Waals surface area contributed by atoms with Crippen molar-refractivity contribution in [2.45, 2.75) is 35.5 Å². The van der Waals surface area contributed by atoms with E-state index in [-0.39, 0.29) is 36.4 Å². The molecule has 2 aliphatic heterocycles. The third-order valence-electron chi connectivity index (χ3n) is 5.99.